The van der Waals surface area contributed by atoms with Crippen LogP contribution in [0.1, 0.15) is 16.7 Å². The highest BCUT2D eigenvalue weighted by Crippen LogP contribution is 2.28. The highest BCUT2D eigenvalue weighted by Gasteiger charge is 2.36. The molecule has 0 spiro atoms. The Labute approximate surface area is 207 Å². The van der Waals surface area contributed by atoms with Gasteiger partial charge < -0.3 is 4.74 Å². The van der Waals surface area contributed by atoms with E-state index in [1.54, 1.807) is 43.5 Å². The predicted molar refractivity (Wildman–Crippen MR) is 133 cm³/mol. The van der Waals surface area contributed by atoms with Crippen LogP contribution >= 0.6 is 31.9 Å². The first-order chi connectivity index (χ1) is 15.9. The number of halogens is 2. The molecule has 1 fully saturated rings. The first-order valence-electron chi connectivity index (χ1n) is 9.94. The lowest BCUT2D eigenvalue weighted by atomic mass is 9.97. The lowest BCUT2D eigenvalue weighted by Gasteiger charge is -2.26. The molecule has 1 saturated heterocycles. The van der Waals surface area contributed by atoms with Crippen molar-refractivity contribution < 1.29 is 19.1 Å². The molecular formula is C25H18Br2N2O4. The Balaban J connectivity index is 1.76. The van der Waals surface area contributed by atoms with E-state index < -0.39 is 17.8 Å². The lowest BCUT2D eigenvalue weighted by Crippen LogP contribution is -2.54. The number of hydrogen-bond acceptors (Lipinski definition) is 4. The van der Waals surface area contributed by atoms with Crippen LogP contribution in [-0.4, -0.2) is 25.0 Å². The highest BCUT2D eigenvalue weighted by atomic mass is 79.9. The molecule has 0 saturated carbocycles. The quantitative estimate of drug-likeness (QED) is 0.326. The Morgan fingerprint density at radius 2 is 1.67 bits per heavy atom. The zero-order chi connectivity index (χ0) is 23.5. The van der Waals surface area contributed by atoms with E-state index >= 15 is 0 Å². The zero-order valence-corrected chi connectivity index (χ0v) is 20.6. The van der Waals surface area contributed by atoms with Gasteiger partial charge in [-0.05, 0) is 71.7 Å². The van der Waals surface area contributed by atoms with Gasteiger partial charge in [0.25, 0.3) is 11.8 Å². The van der Waals surface area contributed by atoms with Crippen LogP contribution in [0.5, 0.6) is 5.75 Å². The molecule has 1 heterocycles. The standard InChI is InChI=1S/C25H18Br2N2O4/c1-33-20-11-6-15(17(13-20)12-16-4-2-3-5-22(16)27)14-21-23(30)28-25(32)29(24(21)31)19-9-7-18(26)8-10-19/h2-11,13-14H,12H2,1H3,(H,28,30,32)/b21-14+. The van der Waals surface area contributed by atoms with Crippen LogP contribution in [0, 0.1) is 0 Å². The number of ether oxygens (including phenoxy) is 1. The van der Waals surface area contributed by atoms with Crippen molar-refractivity contribution in [2.75, 3.05) is 12.0 Å². The lowest BCUT2D eigenvalue weighted by molar-refractivity contribution is -0.122. The summed E-state index contributed by atoms with van der Waals surface area (Å²) in [6.07, 6.45) is 2.06. The fraction of sp³-hybridized carbons (Fsp3) is 0.0800. The Bertz CT molecular complexity index is 1290. The molecule has 4 amide bonds. The largest absolute Gasteiger partial charge is 0.497 e. The summed E-state index contributed by atoms with van der Waals surface area (Å²) in [5.74, 6) is -0.764. The minimum atomic E-state index is -0.785. The summed E-state index contributed by atoms with van der Waals surface area (Å²) in [6, 6.07) is 19.1. The van der Waals surface area contributed by atoms with E-state index in [4.69, 9.17) is 4.74 Å². The summed E-state index contributed by atoms with van der Waals surface area (Å²) in [4.78, 5) is 39.2. The number of rotatable bonds is 5. The molecule has 0 bridgehead atoms. The number of anilines is 1. The van der Waals surface area contributed by atoms with Gasteiger partial charge in [-0.3, -0.25) is 14.9 Å². The summed E-state index contributed by atoms with van der Waals surface area (Å²) in [7, 11) is 1.58. The van der Waals surface area contributed by atoms with Gasteiger partial charge in [0.15, 0.2) is 0 Å². The number of benzene rings is 3. The van der Waals surface area contributed by atoms with Crippen molar-refractivity contribution in [3.8, 4) is 5.75 Å². The van der Waals surface area contributed by atoms with Crippen molar-refractivity contribution in [3.63, 3.8) is 0 Å². The molecule has 3 aromatic rings. The number of carbonyl (C=O) groups excluding carboxylic acids is 3. The van der Waals surface area contributed by atoms with Crippen molar-refractivity contribution in [1.82, 2.24) is 5.32 Å². The van der Waals surface area contributed by atoms with Crippen molar-refractivity contribution in [2.24, 2.45) is 0 Å². The zero-order valence-electron chi connectivity index (χ0n) is 17.5. The monoisotopic (exact) mass is 568 g/mol. The van der Waals surface area contributed by atoms with Crippen LogP contribution in [0.3, 0.4) is 0 Å². The molecule has 0 radical (unpaired) electrons. The van der Waals surface area contributed by atoms with Gasteiger partial charge in [-0.1, -0.05) is 56.1 Å². The van der Waals surface area contributed by atoms with Crippen LogP contribution in [0.15, 0.2) is 81.2 Å². The van der Waals surface area contributed by atoms with Gasteiger partial charge in [-0.15, -0.1) is 0 Å². The Hall–Kier alpha value is -3.23. The first kappa shape index (κ1) is 22.9. The van der Waals surface area contributed by atoms with Gasteiger partial charge in [-0.25, -0.2) is 9.69 Å². The fourth-order valence-electron chi connectivity index (χ4n) is 3.49. The molecule has 1 N–H and O–H groups in total. The van der Waals surface area contributed by atoms with E-state index in [9.17, 15) is 14.4 Å². The smallest absolute Gasteiger partial charge is 0.335 e. The predicted octanol–water partition coefficient (Wildman–Crippen LogP) is 5.48. The van der Waals surface area contributed by atoms with Crippen molar-refractivity contribution in [3.05, 3.63) is 97.9 Å². The second-order valence-electron chi connectivity index (χ2n) is 7.27. The van der Waals surface area contributed by atoms with Gasteiger partial charge in [0.2, 0.25) is 0 Å². The van der Waals surface area contributed by atoms with Crippen LogP contribution in [0.4, 0.5) is 10.5 Å². The number of hydrogen-bond donors (Lipinski definition) is 1. The van der Waals surface area contributed by atoms with Crippen LogP contribution in [-0.2, 0) is 16.0 Å². The number of imide groups is 2. The number of urea groups is 1. The van der Waals surface area contributed by atoms with Crippen molar-refractivity contribution in [2.45, 2.75) is 6.42 Å². The topological polar surface area (TPSA) is 75.7 Å². The Morgan fingerprint density at radius 1 is 0.939 bits per heavy atom. The Kier molecular flexibility index (Phi) is 6.76. The fourth-order valence-corrected chi connectivity index (χ4v) is 4.18. The third-order valence-electron chi connectivity index (χ3n) is 5.18. The summed E-state index contributed by atoms with van der Waals surface area (Å²) >= 11 is 6.90. The minimum absolute atomic E-state index is 0.129. The molecule has 33 heavy (non-hydrogen) atoms. The van der Waals surface area contributed by atoms with E-state index in [2.05, 4.69) is 37.2 Å². The Morgan fingerprint density at radius 3 is 2.36 bits per heavy atom. The maximum atomic E-state index is 13.2. The summed E-state index contributed by atoms with van der Waals surface area (Å²) < 4.78 is 7.13. The SMILES string of the molecule is COc1ccc(/C=C2\C(=O)NC(=O)N(c3ccc(Br)cc3)C2=O)c(Cc2ccccc2Br)c1. The first-order valence-corrected chi connectivity index (χ1v) is 11.5. The molecule has 8 heteroatoms. The average Bonchev–Trinajstić information content (AvgIpc) is 2.80. The van der Waals surface area contributed by atoms with Gasteiger partial charge in [0.1, 0.15) is 11.3 Å². The molecule has 0 unspecified atom stereocenters. The van der Waals surface area contributed by atoms with E-state index in [1.807, 2.05) is 30.3 Å². The summed E-state index contributed by atoms with van der Waals surface area (Å²) in [6.45, 7) is 0. The van der Waals surface area contributed by atoms with Gasteiger partial charge >= 0.3 is 6.03 Å². The second kappa shape index (κ2) is 9.72. The number of carbonyl (C=O) groups is 3. The van der Waals surface area contributed by atoms with Crippen LogP contribution < -0.4 is 15.0 Å². The van der Waals surface area contributed by atoms with Gasteiger partial charge in [0, 0.05) is 8.95 Å². The number of amides is 4. The molecule has 4 rings (SSSR count). The maximum Gasteiger partial charge on any atom is 0.335 e. The van der Waals surface area contributed by atoms with Crippen LogP contribution in [0.2, 0.25) is 0 Å². The van der Waals surface area contributed by atoms with E-state index in [-0.39, 0.29) is 5.57 Å². The molecular weight excluding hydrogens is 552 g/mol. The highest BCUT2D eigenvalue weighted by molar-refractivity contribution is 9.10. The number of nitrogens with zero attached hydrogens (tertiary/aromatic N) is 1. The molecule has 0 aliphatic carbocycles. The molecule has 1 aliphatic heterocycles. The second-order valence-corrected chi connectivity index (χ2v) is 9.04. The van der Waals surface area contributed by atoms with Gasteiger partial charge in [0.05, 0.1) is 12.8 Å². The summed E-state index contributed by atoms with van der Waals surface area (Å²) in [5.41, 5.74) is 2.81. The van der Waals surface area contributed by atoms with E-state index in [0.29, 0.717) is 23.4 Å². The van der Waals surface area contributed by atoms with E-state index in [1.165, 1.54) is 6.08 Å². The molecule has 0 aromatic heterocycles. The molecule has 6 nitrogen and oxygen atoms in total. The normalized spacial score (nSPS) is 15.1. The van der Waals surface area contributed by atoms with Crippen molar-refractivity contribution >= 4 is 61.5 Å². The third-order valence-corrected chi connectivity index (χ3v) is 6.48. The molecule has 3 aromatic carbocycles. The maximum absolute atomic E-state index is 13.2. The third kappa shape index (κ3) is 4.91. The van der Waals surface area contributed by atoms with Crippen molar-refractivity contribution in [1.29, 1.82) is 0 Å². The average molecular weight is 570 g/mol. The van der Waals surface area contributed by atoms with Gasteiger partial charge in [-0.2, -0.15) is 0 Å². The van der Waals surface area contributed by atoms with E-state index in [0.717, 1.165) is 25.0 Å². The molecule has 166 valence electrons. The number of barbiturate groups is 1. The summed E-state index contributed by atoms with van der Waals surface area (Å²) in [5, 5.41) is 2.26. The number of nitrogens with one attached hydrogen (secondary N) is 1. The minimum Gasteiger partial charge on any atom is -0.497 e. The number of methoxy groups -OCH3 is 1. The molecule has 1 aliphatic rings. The van der Waals surface area contributed by atoms with Crippen LogP contribution in [0.25, 0.3) is 6.08 Å². The molecule has 0 atom stereocenters.